The Morgan fingerprint density at radius 1 is 1.15 bits per heavy atom. The number of hydrogen-bond acceptors (Lipinski definition) is 8. The molecule has 39 heavy (non-hydrogen) atoms. The number of fused-ring (bicyclic) bond motifs is 1. The molecule has 6 rings (SSSR count). The Labute approximate surface area is 225 Å². The molecule has 2 aliphatic heterocycles. The maximum Gasteiger partial charge on any atom is 0.201 e. The van der Waals surface area contributed by atoms with Gasteiger partial charge < -0.3 is 14.6 Å². The van der Waals surface area contributed by atoms with Crippen molar-refractivity contribution in [2.24, 2.45) is 0 Å². The number of ether oxygens (including phenoxy) is 2. The lowest BCUT2D eigenvalue weighted by molar-refractivity contribution is -0.0735. The summed E-state index contributed by atoms with van der Waals surface area (Å²) in [5.74, 6) is 5.90. The van der Waals surface area contributed by atoms with E-state index in [1.165, 1.54) is 12.1 Å². The van der Waals surface area contributed by atoms with Gasteiger partial charge in [0.15, 0.2) is 6.10 Å². The summed E-state index contributed by atoms with van der Waals surface area (Å²) in [6, 6.07) is 7.40. The molecule has 0 spiro atoms. The minimum absolute atomic E-state index is 0.282. The first-order chi connectivity index (χ1) is 19.1. The fourth-order valence-electron chi connectivity index (χ4n) is 5.32. The Hall–Kier alpha value is -3.85. The third kappa shape index (κ3) is 4.87. The summed E-state index contributed by atoms with van der Waals surface area (Å²) in [6.07, 6.45) is 3.98. The van der Waals surface area contributed by atoms with Crippen molar-refractivity contribution >= 4 is 5.65 Å². The quantitative estimate of drug-likeness (QED) is 0.363. The second-order valence-corrected chi connectivity index (χ2v) is 9.91. The van der Waals surface area contributed by atoms with Crippen LogP contribution in [0.3, 0.4) is 0 Å². The molecule has 1 atom stereocenters. The summed E-state index contributed by atoms with van der Waals surface area (Å²) in [4.78, 5) is 11.2. The molecule has 2 fully saturated rings. The normalized spacial score (nSPS) is 17.5. The number of aromatic nitrogens is 6. The summed E-state index contributed by atoms with van der Waals surface area (Å²) in [7, 11) is 0. The van der Waals surface area contributed by atoms with Crippen molar-refractivity contribution in [3.8, 4) is 29.0 Å². The van der Waals surface area contributed by atoms with Crippen molar-refractivity contribution in [1.29, 1.82) is 0 Å². The highest BCUT2D eigenvalue weighted by atomic mass is 19.1. The van der Waals surface area contributed by atoms with Crippen LogP contribution in [0.25, 0.3) is 16.9 Å². The van der Waals surface area contributed by atoms with Crippen LogP contribution < -0.4 is 4.74 Å². The summed E-state index contributed by atoms with van der Waals surface area (Å²) in [5, 5.41) is 19.2. The van der Waals surface area contributed by atoms with E-state index in [1.54, 1.807) is 17.5 Å². The minimum Gasteiger partial charge on any atom is -0.466 e. The summed E-state index contributed by atoms with van der Waals surface area (Å²) >= 11 is 0. The van der Waals surface area contributed by atoms with Gasteiger partial charge in [0.25, 0.3) is 0 Å². The highest BCUT2D eigenvalue weighted by molar-refractivity contribution is 5.68. The molecule has 11 heteroatoms. The van der Waals surface area contributed by atoms with Gasteiger partial charge in [-0.2, -0.15) is 0 Å². The van der Waals surface area contributed by atoms with Crippen LogP contribution >= 0.6 is 0 Å². The molecule has 4 aromatic heterocycles. The van der Waals surface area contributed by atoms with Crippen molar-refractivity contribution < 1.29 is 19.0 Å². The van der Waals surface area contributed by atoms with Crippen LogP contribution in [-0.4, -0.2) is 78.3 Å². The van der Waals surface area contributed by atoms with E-state index in [-0.39, 0.29) is 12.6 Å². The van der Waals surface area contributed by atoms with E-state index >= 15 is 0 Å². The number of aliphatic hydroxyl groups excluding tert-OH is 1. The fourth-order valence-corrected chi connectivity index (χ4v) is 5.32. The van der Waals surface area contributed by atoms with Crippen LogP contribution in [0.1, 0.15) is 49.0 Å². The molecule has 0 bridgehead atoms. The van der Waals surface area contributed by atoms with Gasteiger partial charge in [0.05, 0.1) is 55.7 Å². The molecule has 0 saturated carbocycles. The van der Waals surface area contributed by atoms with Crippen LogP contribution in [-0.2, 0) is 4.74 Å². The topological polar surface area (TPSA) is 103 Å². The van der Waals surface area contributed by atoms with E-state index in [0.717, 1.165) is 62.3 Å². The Morgan fingerprint density at radius 3 is 2.64 bits per heavy atom. The van der Waals surface area contributed by atoms with Crippen molar-refractivity contribution in [3.05, 3.63) is 59.6 Å². The maximum atomic E-state index is 13.5. The monoisotopic (exact) mass is 531 g/mol. The van der Waals surface area contributed by atoms with Gasteiger partial charge in [-0.25, -0.2) is 14.1 Å². The van der Waals surface area contributed by atoms with Crippen LogP contribution in [0.2, 0.25) is 0 Å². The fraction of sp³-hybridized carbons (Fsp3) is 0.429. The van der Waals surface area contributed by atoms with E-state index in [1.807, 2.05) is 23.7 Å². The van der Waals surface area contributed by atoms with E-state index < -0.39 is 11.9 Å². The zero-order valence-electron chi connectivity index (χ0n) is 21.9. The second kappa shape index (κ2) is 10.7. The average Bonchev–Trinajstić information content (AvgIpc) is 3.51. The Balaban J connectivity index is 1.33. The number of halogens is 1. The molecule has 0 amide bonds. The molecule has 1 N–H and O–H groups in total. The molecular formula is C28H30FN7O3. The van der Waals surface area contributed by atoms with E-state index in [2.05, 4.69) is 37.0 Å². The van der Waals surface area contributed by atoms with Gasteiger partial charge in [0.2, 0.25) is 5.88 Å². The molecule has 6 heterocycles. The first kappa shape index (κ1) is 25.4. The minimum atomic E-state index is -0.822. The number of hydrogen-bond donors (Lipinski definition) is 1. The van der Waals surface area contributed by atoms with E-state index in [0.29, 0.717) is 29.0 Å². The van der Waals surface area contributed by atoms with E-state index in [9.17, 15) is 9.50 Å². The molecule has 0 aliphatic carbocycles. The highest BCUT2D eigenvalue weighted by Gasteiger charge is 2.31. The Morgan fingerprint density at radius 2 is 1.97 bits per heavy atom. The summed E-state index contributed by atoms with van der Waals surface area (Å²) < 4.78 is 28.9. The zero-order chi connectivity index (χ0) is 26.9. The summed E-state index contributed by atoms with van der Waals surface area (Å²) in [5.41, 5.74) is 4.16. The van der Waals surface area contributed by atoms with Crippen LogP contribution in [0.4, 0.5) is 4.39 Å². The highest BCUT2D eigenvalue weighted by Crippen LogP contribution is 2.33. The number of rotatable bonds is 7. The molecular weight excluding hydrogens is 501 g/mol. The SMILES string of the molecule is CC#Cc1cnc2cc(-c3nnn(C4CCN(C5COC5)CC4)c3C)cc(OC(CO)c3ccc(F)cn3)n12. The predicted molar refractivity (Wildman–Crippen MR) is 141 cm³/mol. The van der Waals surface area contributed by atoms with E-state index in [4.69, 9.17) is 9.47 Å². The Kier molecular flexibility index (Phi) is 6.99. The van der Waals surface area contributed by atoms with Crippen LogP contribution in [0.15, 0.2) is 36.7 Å². The largest absolute Gasteiger partial charge is 0.466 e. The van der Waals surface area contributed by atoms with Gasteiger partial charge in [0.1, 0.15) is 22.9 Å². The molecule has 10 nitrogen and oxygen atoms in total. The summed E-state index contributed by atoms with van der Waals surface area (Å²) in [6.45, 7) is 7.13. The van der Waals surface area contributed by atoms with Crippen LogP contribution in [0, 0.1) is 24.6 Å². The smallest absolute Gasteiger partial charge is 0.201 e. The number of likely N-dealkylation sites (tertiary alicyclic amines) is 1. The number of piperidine rings is 1. The molecule has 4 aromatic rings. The molecule has 2 saturated heterocycles. The molecule has 202 valence electrons. The predicted octanol–water partition coefficient (Wildman–Crippen LogP) is 2.95. The lowest BCUT2D eigenvalue weighted by atomic mass is 10.0. The maximum absolute atomic E-state index is 13.5. The first-order valence-corrected chi connectivity index (χ1v) is 13.1. The van der Waals surface area contributed by atoms with Crippen LogP contribution in [0.5, 0.6) is 5.88 Å². The number of imidazole rings is 1. The van der Waals surface area contributed by atoms with Gasteiger partial charge >= 0.3 is 0 Å². The van der Waals surface area contributed by atoms with Gasteiger partial charge in [-0.3, -0.25) is 14.3 Å². The van der Waals surface area contributed by atoms with Crippen molar-refractivity contribution in [1.82, 2.24) is 34.3 Å². The lowest BCUT2D eigenvalue weighted by Crippen LogP contribution is -2.52. The van der Waals surface area contributed by atoms with Gasteiger partial charge in [0, 0.05) is 24.7 Å². The zero-order valence-corrected chi connectivity index (χ0v) is 21.9. The first-order valence-electron chi connectivity index (χ1n) is 13.1. The second-order valence-electron chi connectivity index (χ2n) is 9.91. The third-order valence-corrected chi connectivity index (χ3v) is 7.52. The average molecular weight is 532 g/mol. The van der Waals surface area contributed by atoms with Gasteiger partial charge in [-0.05, 0) is 50.8 Å². The van der Waals surface area contributed by atoms with Gasteiger partial charge in [-0.15, -0.1) is 5.10 Å². The van der Waals surface area contributed by atoms with Crippen molar-refractivity contribution in [3.63, 3.8) is 0 Å². The number of nitrogens with zero attached hydrogens (tertiary/aromatic N) is 7. The molecule has 0 radical (unpaired) electrons. The Bertz CT molecular complexity index is 1530. The molecule has 1 unspecified atom stereocenters. The molecule has 2 aliphatic rings. The number of aliphatic hydroxyl groups is 1. The standard InChI is InChI=1S/C28H30FN7O3/c1-3-4-22-14-31-26-11-19(12-27(35(22)26)39-25(15-37)24-6-5-20(29)13-30-24)28-18(2)36(33-32-28)21-7-9-34(10-8-21)23-16-38-17-23/h5-6,11-14,21,23,25,37H,7-10,15-17H2,1-2H3. The van der Waals surface area contributed by atoms with Crippen molar-refractivity contribution in [2.45, 2.75) is 44.9 Å². The third-order valence-electron chi connectivity index (χ3n) is 7.52. The van der Waals surface area contributed by atoms with Gasteiger partial charge in [-0.1, -0.05) is 11.1 Å². The number of pyridine rings is 2. The lowest BCUT2D eigenvalue weighted by Gasteiger charge is -2.41. The molecule has 0 aromatic carbocycles. The van der Waals surface area contributed by atoms with Crippen molar-refractivity contribution in [2.75, 3.05) is 32.9 Å².